The van der Waals surface area contributed by atoms with Crippen molar-refractivity contribution in [2.24, 2.45) is 0 Å². The van der Waals surface area contributed by atoms with Crippen LogP contribution in [-0.2, 0) is 6.42 Å². The topological polar surface area (TPSA) is 76.7 Å². The van der Waals surface area contributed by atoms with Crippen molar-refractivity contribution in [2.45, 2.75) is 20.3 Å². The third kappa shape index (κ3) is 3.91. The number of benzene rings is 1. The smallest absolute Gasteiger partial charge is 0.226 e. The molecule has 1 N–H and O–H groups in total. The van der Waals surface area contributed by atoms with E-state index in [1.165, 1.54) is 0 Å². The van der Waals surface area contributed by atoms with Crippen LogP contribution >= 0.6 is 0 Å². The second kappa shape index (κ2) is 8.00. The Bertz CT molecular complexity index is 1060. The van der Waals surface area contributed by atoms with Crippen molar-refractivity contribution < 1.29 is 4.42 Å². The second-order valence-electron chi connectivity index (χ2n) is 6.51. The van der Waals surface area contributed by atoms with Gasteiger partial charge in [0.15, 0.2) is 5.82 Å². The number of nitrogens with one attached hydrogen (secondary N) is 1. The highest BCUT2D eigenvalue weighted by Gasteiger charge is 2.11. The van der Waals surface area contributed by atoms with Crippen LogP contribution in [0.1, 0.15) is 17.0 Å². The standard InChI is InChI=1S/C22H21N5O/c1-15-16(2)25-21(19-10-6-7-12-23-19)27-20(15)24-13-11-18-14-28-22(26-18)17-8-4-3-5-9-17/h3-10,12,14H,11,13H2,1-2H3,(H,24,25,27). The molecule has 4 rings (SSSR count). The molecule has 0 spiro atoms. The first kappa shape index (κ1) is 17.9. The Morgan fingerprint density at radius 1 is 0.929 bits per heavy atom. The van der Waals surface area contributed by atoms with Crippen molar-refractivity contribution in [3.63, 3.8) is 0 Å². The van der Waals surface area contributed by atoms with E-state index in [-0.39, 0.29) is 0 Å². The van der Waals surface area contributed by atoms with Crippen molar-refractivity contribution in [1.29, 1.82) is 0 Å². The molecule has 28 heavy (non-hydrogen) atoms. The third-order valence-electron chi connectivity index (χ3n) is 4.53. The molecular formula is C22H21N5O. The summed E-state index contributed by atoms with van der Waals surface area (Å²) in [5.41, 5.74) is 4.61. The first-order valence-corrected chi connectivity index (χ1v) is 9.21. The van der Waals surface area contributed by atoms with E-state index in [9.17, 15) is 0 Å². The van der Waals surface area contributed by atoms with Gasteiger partial charge in [0.2, 0.25) is 5.89 Å². The Morgan fingerprint density at radius 3 is 2.54 bits per heavy atom. The normalized spacial score (nSPS) is 10.8. The third-order valence-corrected chi connectivity index (χ3v) is 4.53. The van der Waals surface area contributed by atoms with Gasteiger partial charge in [0.1, 0.15) is 17.8 Å². The number of hydrogen-bond donors (Lipinski definition) is 1. The van der Waals surface area contributed by atoms with Gasteiger partial charge in [0.25, 0.3) is 0 Å². The molecule has 0 bridgehead atoms. The molecular weight excluding hydrogens is 350 g/mol. The van der Waals surface area contributed by atoms with Crippen LogP contribution in [0.4, 0.5) is 5.82 Å². The van der Waals surface area contributed by atoms with E-state index in [1.54, 1.807) is 12.5 Å². The Hall–Kier alpha value is -3.54. The van der Waals surface area contributed by atoms with Gasteiger partial charge in [-0.15, -0.1) is 0 Å². The van der Waals surface area contributed by atoms with E-state index >= 15 is 0 Å². The molecule has 3 heterocycles. The van der Waals surface area contributed by atoms with Crippen LogP contribution in [0.3, 0.4) is 0 Å². The highest BCUT2D eigenvalue weighted by molar-refractivity contribution is 5.56. The predicted octanol–water partition coefficient (Wildman–Crippen LogP) is 4.47. The fourth-order valence-corrected chi connectivity index (χ4v) is 2.85. The fourth-order valence-electron chi connectivity index (χ4n) is 2.85. The number of oxazole rings is 1. The Morgan fingerprint density at radius 2 is 1.75 bits per heavy atom. The van der Waals surface area contributed by atoms with Gasteiger partial charge >= 0.3 is 0 Å². The number of hydrogen-bond acceptors (Lipinski definition) is 6. The maximum Gasteiger partial charge on any atom is 0.226 e. The van der Waals surface area contributed by atoms with Gasteiger partial charge in [0.05, 0.1) is 5.69 Å². The zero-order chi connectivity index (χ0) is 19.3. The summed E-state index contributed by atoms with van der Waals surface area (Å²) in [5, 5.41) is 3.40. The van der Waals surface area contributed by atoms with E-state index in [0.717, 1.165) is 40.4 Å². The molecule has 0 saturated carbocycles. The zero-order valence-electron chi connectivity index (χ0n) is 15.9. The molecule has 0 aliphatic rings. The summed E-state index contributed by atoms with van der Waals surface area (Å²) >= 11 is 0. The molecule has 6 heteroatoms. The minimum atomic E-state index is 0.624. The molecule has 140 valence electrons. The van der Waals surface area contributed by atoms with Crippen molar-refractivity contribution in [3.05, 3.63) is 77.9 Å². The molecule has 0 fully saturated rings. The molecule has 0 amide bonds. The van der Waals surface area contributed by atoms with Crippen molar-refractivity contribution >= 4 is 5.82 Å². The molecule has 0 aliphatic heterocycles. The van der Waals surface area contributed by atoms with Gasteiger partial charge in [0, 0.05) is 36.0 Å². The number of aromatic nitrogens is 4. The van der Waals surface area contributed by atoms with Crippen LogP contribution in [0.15, 0.2) is 65.4 Å². The van der Waals surface area contributed by atoms with Gasteiger partial charge in [-0.25, -0.2) is 15.0 Å². The largest absolute Gasteiger partial charge is 0.444 e. The molecule has 4 aromatic rings. The average Bonchev–Trinajstić information content (AvgIpc) is 3.21. The maximum atomic E-state index is 5.60. The first-order chi connectivity index (χ1) is 13.7. The predicted molar refractivity (Wildman–Crippen MR) is 109 cm³/mol. The highest BCUT2D eigenvalue weighted by Crippen LogP contribution is 2.21. The van der Waals surface area contributed by atoms with E-state index in [2.05, 4.69) is 25.3 Å². The Balaban J connectivity index is 1.45. The summed E-state index contributed by atoms with van der Waals surface area (Å²) in [6.07, 6.45) is 4.19. The lowest BCUT2D eigenvalue weighted by atomic mass is 10.2. The van der Waals surface area contributed by atoms with Gasteiger partial charge in [-0.05, 0) is 38.1 Å². The van der Waals surface area contributed by atoms with Crippen molar-refractivity contribution in [1.82, 2.24) is 19.9 Å². The van der Waals surface area contributed by atoms with Crippen LogP contribution in [0.5, 0.6) is 0 Å². The SMILES string of the molecule is Cc1nc(-c2ccccn2)nc(NCCc2coc(-c3ccccc3)n2)c1C. The zero-order valence-corrected chi connectivity index (χ0v) is 15.9. The van der Waals surface area contributed by atoms with Crippen LogP contribution in [-0.4, -0.2) is 26.5 Å². The lowest BCUT2D eigenvalue weighted by Gasteiger charge is -2.11. The quantitative estimate of drug-likeness (QED) is 0.539. The Labute approximate surface area is 163 Å². The minimum Gasteiger partial charge on any atom is -0.444 e. The van der Waals surface area contributed by atoms with E-state index in [4.69, 9.17) is 4.42 Å². The molecule has 0 unspecified atom stereocenters. The number of nitrogens with zero attached hydrogens (tertiary/aromatic N) is 4. The average molecular weight is 371 g/mol. The number of anilines is 1. The molecule has 6 nitrogen and oxygen atoms in total. The summed E-state index contributed by atoms with van der Waals surface area (Å²) in [7, 11) is 0. The molecule has 1 aromatic carbocycles. The molecule has 0 saturated heterocycles. The first-order valence-electron chi connectivity index (χ1n) is 9.21. The van der Waals surface area contributed by atoms with Gasteiger partial charge in [-0.1, -0.05) is 24.3 Å². The van der Waals surface area contributed by atoms with Crippen LogP contribution in [0.2, 0.25) is 0 Å². The second-order valence-corrected chi connectivity index (χ2v) is 6.51. The minimum absolute atomic E-state index is 0.624. The molecule has 0 aliphatic carbocycles. The lowest BCUT2D eigenvalue weighted by Crippen LogP contribution is -2.10. The van der Waals surface area contributed by atoms with Gasteiger partial charge in [-0.3, -0.25) is 4.98 Å². The lowest BCUT2D eigenvalue weighted by molar-refractivity contribution is 0.572. The Kier molecular flexibility index (Phi) is 5.10. The summed E-state index contributed by atoms with van der Waals surface area (Å²) in [4.78, 5) is 18.1. The number of aryl methyl sites for hydroxylation is 1. The summed E-state index contributed by atoms with van der Waals surface area (Å²) in [5.74, 6) is 2.08. The summed E-state index contributed by atoms with van der Waals surface area (Å²) in [6, 6.07) is 15.6. The summed E-state index contributed by atoms with van der Waals surface area (Å²) in [6.45, 7) is 4.70. The van der Waals surface area contributed by atoms with Crippen LogP contribution in [0, 0.1) is 13.8 Å². The number of pyridine rings is 1. The molecule has 0 atom stereocenters. The molecule has 3 aromatic heterocycles. The van der Waals surface area contributed by atoms with E-state index < -0.39 is 0 Å². The number of rotatable bonds is 6. The monoisotopic (exact) mass is 371 g/mol. The molecule has 0 radical (unpaired) electrons. The van der Waals surface area contributed by atoms with Crippen LogP contribution in [0.25, 0.3) is 23.0 Å². The maximum absolute atomic E-state index is 5.60. The van der Waals surface area contributed by atoms with Gasteiger partial charge in [-0.2, -0.15) is 0 Å². The van der Waals surface area contributed by atoms with Crippen molar-refractivity contribution in [2.75, 3.05) is 11.9 Å². The fraction of sp³-hybridized carbons (Fsp3) is 0.182. The van der Waals surface area contributed by atoms with E-state index in [1.807, 2.05) is 62.4 Å². The van der Waals surface area contributed by atoms with E-state index in [0.29, 0.717) is 18.3 Å². The van der Waals surface area contributed by atoms with Crippen LogP contribution < -0.4 is 5.32 Å². The highest BCUT2D eigenvalue weighted by atomic mass is 16.3. The van der Waals surface area contributed by atoms with Crippen molar-refractivity contribution in [3.8, 4) is 23.0 Å². The van der Waals surface area contributed by atoms with Gasteiger partial charge < -0.3 is 9.73 Å². The summed E-state index contributed by atoms with van der Waals surface area (Å²) < 4.78 is 5.60.